The molecule has 0 bridgehead atoms. The molecule has 20 aromatic carbocycles. The van der Waals surface area contributed by atoms with E-state index in [-0.39, 0.29) is 0 Å². The molecule has 0 spiro atoms. The predicted octanol–water partition coefficient (Wildman–Crippen LogP) is 32.6. The van der Waals surface area contributed by atoms with Crippen molar-refractivity contribution in [1.29, 1.82) is 0 Å². The number of nitrogens with zero attached hydrogens (tertiary/aromatic N) is 4. The van der Waals surface area contributed by atoms with Crippen LogP contribution in [0, 0.1) is 20.8 Å². The molecule has 120 heavy (non-hydrogen) atoms. The smallest absolute Gasteiger partial charge is 0.136 e. The van der Waals surface area contributed by atoms with Crippen LogP contribution >= 0.6 is 0 Å². The molecule has 8 nitrogen and oxygen atoms in total. The van der Waals surface area contributed by atoms with Gasteiger partial charge in [-0.3, -0.25) is 0 Å². The molecule has 24 rings (SSSR count). The van der Waals surface area contributed by atoms with Gasteiger partial charge in [0.2, 0.25) is 0 Å². The summed E-state index contributed by atoms with van der Waals surface area (Å²) in [6.07, 6.45) is 0.746. The highest BCUT2D eigenvalue weighted by molar-refractivity contribution is 6.21. The van der Waals surface area contributed by atoms with Gasteiger partial charge >= 0.3 is 0 Å². The Hall–Kier alpha value is -15.6. The minimum absolute atomic E-state index is 0.746. The van der Waals surface area contributed by atoms with Crippen LogP contribution in [0.25, 0.3) is 152 Å². The first-order valence-electron chi connectivity index (χ1n) is 41.1. The van der Waals surface area contributed by atoms with Crippen molar-refractivity contribution in [3.63, 3.8) is 0 Å². The van der Waals surface area contributed by atoms with Gasteiger partial charge in [0.25, 0.3) is 0 Å². The summed E-state index contributed by atoms with van der Waals surface area (Å²) >= 11 is 0. The maximum Gasteiger partial charge on any atom is 0.136 e. The lowest BCUT2D eigenvalue weighted by Crippen LogP contribution is -2.11. The van der Waals surface area contributed by atoms with Gasteiger partial charge in [0.05, 0.1) is 0 Å². The summed E-state index contributed by atoms with van der Waals surface area (Å²) < 4.78 is 27.2. The minimum atomic E-state index is 0.746. The van der Waals surface area contributed by atoms with Crippen molar-refractivity contribution in [3.05, 3.63) is 410 Å². The quantitative estimate of drug-likeness (QED) is 0.107. The van der Waals surface area contributed by atoms with Gasteiger partial charge in [-0.1, -0.05) is 152 Å². The topological polar surface area (TPSA) is 65.5 Å². The molecule has 8 heteroatoms. The van der Waals surface area contributed by atoms with Crippen LogP contribution in [-0.4, -0.2) is 0 Å². The van der Waals surface area contributed by atoms with E-state index in [1.54, 1.807) is 0 Å². The molecule has 0 amide bonds. The Morgan fingerprint density at radius 1 is 0.175 bits per heavy atom. The zero-order valence-electron chi connectivity index (χ0n) is 66.0. The molecule has 4 aromatic heterocycles. The van der Waals surface area contributed by atoms with Crippen LogP contribution in [-0.2, 0) is 6.42 Å². The maximum absolute atomic E-state index is 6.84. The summed E-state index contributed by atoms with van der Waals surface area (Å²) in [5.74, 6) is 0. The molecule has 0 aliphatic rings. The number of hydrogen-bond acceptors (Lipinski definition) is 8. The molecule has 0 radical (unpaired) electrons. The van der Waals surface area contributed by atoms with E-state index >= 15 is 0 Å². The van der Waals surface area contributed by atoms with E-state index in [9.17, 15) is 0 Å². The largest absolute Gasteiger partial charge is 0.456 e. The van der Waals surface area contributed by atoms with Gasteiger partial charge in [0.1, 0.15) is 44.7 Å². The molecule has 0 aliphatic carbocycles. The molecule has 0 fully saturated rings. The second-order valence-corrected chi connectivity index (χ2v) is 32.3. The maximum atomic E-state index is 6.84. The number of fused-ring (bicyclic) bond motifs is 18. The standard InChI is InChI=1S/C112H74N4O4/c1-68-19-17-29-89(45-68)113(85-23-7-4-8-24-85)91-41-35-73-52-95-99-56-81-57-100-96-53-74-36-42-92(49-78(74)61-106(96)118-110(100)65-83(81)64-109(99)117-105(95)60-77(73)48-91)114(86-25-9-5-10-26-86)90-30-18-22-72(47-90)46-71-33-39-88(40-34-71)116(104-32-16-14-21-70(104)3)94-44-38-76-55-98-102-59-82-58-101-97-54-75-37-43-93(115(87-27-11-6-12-28-87)103-31-15-13-20-69(103)2)50-79(75)62-107(97)119-111(101)66-84(82)67-112(102)120-108(98)63-80(76)51-94/h4-45,47-67H,46H2,1-3H3. The van der Waals surface area contributed by atoms with Crippen molar-refractivity contribution in [3.8, 4) is 0 Å². The first kappa shape index (κ1) is 68.7. The number of aryl methyl sites for hydroxylation is 3. The number of hydrogen-bond donors (Lipinski definition) is 0. The molecular weight excluding hydrogens is 1470 g/mol. The molecule has 0 N–H and O–H groups in total. The number of furan rings is 4. The highest BCUT2D eigenvalue weighted by Crippen LogP contribution is 2.48. The lowest BCUT2D eigenvalue weighted by molar-refractivity contribution is 0.668. The third-order valence-corrected chi connectivity index (χ3v) is 24.6. The Kier molecular flexibility index (Phi) is 15.6. The molecule has 0 unspecified atom stereocenters. The molecule has 24 aromatic rings. The Morgan fingerprint density at radius 2 is 0.433 bits per heavy atom. The van der Waals surface area contributed by atoms with E-state index in [4.69, 9.17) is 17.7 Å². The molecule has 0 saturated heterocycles. The van der Waals surface area contributed by atoms with Crippen LogP contribution in [0.4, 0.5) is 68.2 Å². The van der Waals surface area contributed by atoms with Crippen LogP contribution in [0.1, 0.15) is 27.8 Å². The Balaban J connectivity index is 0.507. The number of anilines is 12. The van der Waals surface area contributed by atoms with Crippen LogP contribution in [0.3, 0.4) is 0 Å². The fraction of sp³-hybridized carbons (Fsp3) is 0.0357. The van der Waals surface area contributed by atoms with E-state index in [0.717, 1.165) is 227 Å². The van der Waals surface area contributed by atoms with Crippen LogP contribution < -0.4 is 19.6 Å². The Morgan fingerprint density at radius 3 is 0.783 bits per heavy atom. The van der Waals surface area contributed by atoms with E-state index < -0.39 is 0 Å². The summed E-state index contributed by atoms with van der Waals surface area (Å²) in [5.41, 5.74) is 25.9. The lowest BCUT2D eigenvalue weighted by atomic mass is 10.0. The normalized spacial score (nSPS) is 12.0. The van der Waals surface area contributed by atoms with E-state index in [2.05, 4.69) is 423 Å². The third-order valence-electron chi connectivity index (χ3n) is 24.6. The molecule has 566 valence electrons. The Bertz CT molecular complexity index is 8330. The van der Waals surface area contributed by atoms with Gasteiger partial charge in [-0.15, -0.1) is 0 Å². The second-order valence-electron chi connectivity index (χ2n) is 32.3. The zero-order chi connectivity index (χ0) is 79.4. The molecule has 4 heterocycles. The zero-order valence-corrected chi connectivity index (χ0v) is 66.0. The van der Waals surface area contributed by atoms with E-state index in [0.29, 0.717) is 0 Å². The SMILES string of the molecule is Cc1cccc(N(c2ccccc2)c2ccc3cc4c(cc3c2)oc2cc3cc5oc6cc7cc(N(c8ccccc8)c8cccc(Cc9ccc(N(c%10ccc%11cc%12c(cc%11c%10)oc%10cc%11cc%13oc%14cc%15cc(N(c%16ccccc%16)c%16ccccc%16C)ccc%15cc%14c%13cc%11cc%10%12)c%10ccccc%10C)cc9)c8)ccc7cc6c5cc3cc24)c1. The minimum Gasteiger partial charge on any atom is -0.456 e. The highest BCUT2D eigenvalue weighted by atomic mass is 16.3. The van der Waals surface area contributed by atoms with Crippen molar-refractivity contribution >= 4 is 221 Å². The molecule has 0 saturated carbocycles. The van der Waals surface area contributed by atoms with Crippen molar-refractivity contribution in [2.75, 3.05) is 19.6 Å². The van der Waals surface area contributed by atoms with Crippen molar-refractivity contribution in [1.82, 2.24) is 0 Å². The first-order chi connectivity index (χ1) is 59.1. The average Bonchev–Trinajstić information content (AvgIpc) is 1.57. The summed E-state index contributed by atoms with van der Waals surface area (Å²) in [5, 5.41) is 22.1. The van der Waals surface area contributed by atoms with Gasteiger partial charge in [-0.05, 0) is 350 Å². The summed E-state index contributed by atoms with van der Waals surface area (Å²) in [7, 11) is 0. The van der Waals surface area contributed by atoms with Gasteiger partial charge in [0, 0.05) is 111 Å². The summed E-state index contributed by atoms with van der Waals surface area (Å²) in [6.45, 7) is 6.50. The van der Waals surface area contributed by atoms with Crippen molar-refractivity contribution in [2.45, 2.75) is 27.2 Å². The van der Waals surface area contributed by atoms with Crippen LogP contribution in [0.5, 0.6) is 0 Å². The number of rotatable bonds is 14. The summed E-state index contributed by atoms with van der Waals surface area (Å²) in [6, 6.07) is 139. The number of para-hydroxylation sites is 5. The fourth-order valence-corrected chi connectivity index (χ4v) is 18.7. The third kappa shape index (κ3) is 11.7. The van der Waals surface area contributed by atoms with E-state index in [1.807, 2.05) is 0 Å². The van der Waals surface area contributed by atoms with Gasteiger partial charge in [-0.25, -0.2) is 0 Å². The van der Waals surface area contributed by atoms with Crippen LogP contribution in [0.2, 0.25) is 0 Å². The van der Waals surface area contributed by atoms with Gasteiger partial charge < -0.3 is 37.3 Å². The van der Waals surface area contributed by atoms with Gasteiger partial charge in [0.15, 0.2) is 0 Å². The average molecular weight is 1540 g/mol. The highest BCUT2D eigenvalue weighted by Gasteiger charge is 2.24. The Labute approximate surface area is 690 Å². The fourth-order valence-electron chi connectivity index (χ4n) is 18.7. The van der Waals surface area contributed by atoms with Gasteiger partial charge in [-0.2, -0.15) is 0 Å². The monoisotopic (exact) mass is 1540 g/mol. The van der Waals surface area contributed by atoms with Crippen molar-refractivity contribution in [2.24, 2.45) is 0 Å². The number of benzene rings is 20. The molecular formula is C112H74N4O4. The second kappa shape index (κ2) is 27.2. The molecule has 0 aliphatic heterocycles. The first-order valence-corrected chi connectivity index (χ1v) is 41.1. The van der Waals surface area contributed by atoms with E-state index in [1.165, 1.54) is 27.8 Å². The molecule has 0 atom stereocenters. The predicted molar refractivity (Wildman–Crippen MR) is 503 cm³/mol. The van der Waals surface area contributed by atoms with Crippen LogP contribution in [0.15, 0.2) is 400 Å². The van der Waals surface area contributed by atoms with Crippen molar-refractivity contribution < 1.29 is 17.7 Å². The summed E-state index contributed by atoms with van der Waals surface area (Å²) in [4.78, 5) is 9.39. The lowest BCUT2D eigenvalue weighted by Gasteiger charge is -2.27.